The first-order valence-corrected chi connectivity index (χ1v) is 17.9. The maximum atomic E-state index is 14.0. The summed E-state index contributed by atoms with van der Waals surface area (Å²) in [5.74, 6) is -5.45. The number of likely N-dealkylation sites (N-methyl/N-ethyl adjacent to an activating group) is 2. The molecule has 0 aromatic heterocycles. The molecular formula is C36H62N4O8. The van der Waals surface area contributed by atoms with Crippen LogP contribution in [0.1, 0.15) is 108 Å². The third-order valence-electron chi connectivity index (χ3n) is 9.75. The van der Waals surface area contributed by atoms with Crippen LogP contribution in [0, 0.1) is 29.6 Å². The van der Waals surface area contributed by atoms with Crippen molar-refractivity contribution < 1.29 is 38.2 Å². The fraction of sp³-hybridized carbons (Fsp3) is 0.833. The summed E-state index contributed by atoms with van der Waals surface area (Å²) in [5.41, 5.74) is 0. The number of fused-ring (bicyclic) bond motifs is 1. The molecule has 2 aliphatic heterocycles. The number of esters is 2. The highest BCUT2D eigenvalue weighted by molar-refractivity contribution is 5.95. The van der Waals surface area contributed by atoms with E-state index in [0.717, 1.165) is 19.3 Å². The zero-order chi connectivity index (χ0) is 36.6. The van der Waals surface area contributed by atoms with Crippen molar-refractivity contribution >= 4 is 35.6 Å². The number of unbranched alkanes of at least 4 members (excludes halogenated alkanes) is 2. The van der Waals surface area contributed by atoms with Crippen molar-refractivity contribution in [2.24, 2.45) is 29.6 Å². The van der Waals surface area contributed by atoms with Gasteiger partial charge < -0.3 is 29.5 Å². The molecule has 1 N–H and O–H groups in total. The first kappa shape index (κ1) is 41.0. The quantitative estimate of drug-likeness (QED) is 0.302. The molecule has 2 rings (SSSR count). The van der Waals surface area contributed by atoms with Gasteiger partial charge in [-0.05, 0) is 49.4 Å². The maximum absolute atomic E-state index is 14.0. The number of hydrogen-bond donors (Lipinski definition) is 1. The molecule has 0 unspecified atom stereocenters. The van der Waals surface area contributed by atoms with Crippen LogP contribution >= 0.6 is 0 Å². The zero-order valence-electron chi connectivity index (χ0n) is 31.4. The number of nitrogens with zero attached hydrogens (tertiary/aromatic N) is 3. The predicted octanol–water partition coefficient (Wildman–Crippen LogP) is 3.79. The third-order valence-corrected chi connectivity index (χ3v) is 9.75. The normalized spacial score (nSPS) is 29.2. The minimum Gasteiger partial charge on any atom is -0.460 e. The molecule has 0 spiro atoms. The van der Waals surface area contributed by atoms with Crippen molar-refractivity contribution in [3.8, 4) is 0 Å². The molecule has 2 saturated heterocycles. The molecular weight excluding hydrogens is 616 g/mol. The summed E-state index contributed by atoms with van der Waals surface area (Å²) in [6.07, 6.45) is 1.92. The van der Waals surface area contributed by atoms with E-state index in [1.165, 1.54) is 21.7 Å². The number of ether oxygens (including phenoxy) is 2. The Morgan fingerprint density at radius 3 is 1.77 bits per heavy atom. The van der Waals surface area contributed by atoms with Crippen molar-refractivity contribution in [2.45, 2.75) is 144 Å². The zero-order valence-corrected chi connectivity index (χ0v) is 31.4. The Balaban J connectivity index is 2.71. The number of amides is 4. The van der Waals surface area contributed by atoms with Crippen LogP contribution in [0.4, 0.5) is 0 Å². The van der Waals surface area contributed by atoms with Gasteiger partial charge in [0.1, 0.15) is 30.3 Å². The lowest BCUT2D eigenvalue weighted by molar-refractivity contribution is -0.172. The van der Waals surface area contributed by atoms with E-state index < -0.39 is 83.8 Å². The number of nitrogens with one attached hydrogen (secondary N) is 1. The maximum Gasteiger partial charge on any atom is 0.329 e. The number of carbonyl (C=O) groups excluding carboxylic acids is 6. The standard InChI is InChI=1S/C36H62N4O8/c1-13-14-15-18-26-24(10)31(41)37-27(20(2)3)33(43)39(12)29(22(6)7)36(46)48-30(23(8)9)34(44)40-19-16-17-25(40)32(42)38(11)28(21(4)5)35(45)47-26/h20-30H,13-19H2,1-12H3,(H,37,41)/t24-,25-,26+,27-,28-,29-,30-/m0/s1. The summed E-state index contributed by atoms with van der Waals surface area (Å²) in [7, 11) is 3.04. The van der Waals surface area contributed by atoms with Crippen molar-refractivity contribution in [3.63, 3.8) is 0 Å². The van der Waals surface area contributed by atoms with E-state index in [1.54, 1.807) is 55.5 Å². The van der Waals surface area contributed by atoms with Gasteiger partial charge in [-0.2, -0.15) is 0 Å². The average Bonchev–Trinajstić information content (AvgIpc) is 3.49. The largest absolute Gasteiger partial charge is 0.460 e. The molecule has 4 amide bonds. The summed E-state index contributed by atoms with van der Waals surface area (Å²) in [6.45, 7) is 18.4. The lowest BCUT2D eigenvalue weighted by Crippen LogP contribution is -2.57. The molecule has 12 heteroatoms. The number of rotatable bonds is 8. The van der Waals surface area contributed by atoms with Crippen LogP contribution in [0.15, 0.2) is 0 Å². The van der Waals surface area contributed by atoms with Gasteiger partial charge in [-0.1, -0.05) is 82.1 Å². The lowest BCUT2D eigenvalue weighted by Gasteiger charge is -2.36. The van der Waals surface area contributed by atoms with Crippen LogP contribution < -0.4 is 5.32 Å². The van der Waals surface area contributed by atoms with Gasteiger partial charge in [0.05, 0.1) is 5.92 Å². The Labute approximate surface area is 288 Å². The van der Waals surface area contributed by atoms with Crippen LogP contribution in [0.3, 0.4) is 0 Å². The molecule has 0 bridgehead atoms. The van der Waals surface area contributed by atoms with E-state index in [0.29, 0.717) is 25.8 Å². The van der Waals surface area contributed by atoms with Crippen LogP contribution in [-0.4, -0.2) is 107 Å². The molecule has 2 aliphatic rings. The van der Waals surface area contributed by atoms with E-state index in [9.17, 15) is 28.8 Å². The number of hydrogen-bond acceptors (Lipinski definition) is 8. The minimum absolute atomic E-state index is 0.299. The van der Waals surface area contributed by atoms with Crippen molar-refractivity contribution in [1.82, 2.24) is 20.0 Å². The first-order chi connectivity index (χ1) is 22.4. The van der Waals surface area contributed by atoms with Gasteiger partial charge in [0, 0.05) is 20.6 Å². The SMILES string of the molecule is CCCCC[C@H]1OC(=O)[C@H](C(C)C)N(C)C(=O)[C@@H]2CCCN2C(=O)[C@H](C(C)C)OC(=O)[C@H](C(C)C)N(C)C(=O)[C@H](C(C)C)NC(=O)[C@H]1C. The van der Waals surface area contributed by atoms with Crippen molar-refractivity contribution in [3.05, 3.63) is 0 Å². The first-order valence-electron chi connectivity index (χ1n) is 17.9. The van der Waals surface area contributed by atoms with E-state index in [-0.39, 0.29) is 17.8 Å². The molecule has 2 heterocycles. The molecule has 12 nitrogen and oxygen atoms in total. The van der Waals surface area contributed by atoms with Gasteiger partial charge in [-0.15, -0.1) is 0 Å². The highest BCUT2D eigenvalue weighted by atomic mass is 16.6. The Morgan fingerprint density at radius 2 is 1.27 bits per heavy atom. The summed E-state index contributed by atoms with van der Waals surface area (Å²) in [5, 5.41) is 2.88. The van der Waals surface area contributed by atoms with E-state index in [4.69, 9.17) is 9.47 Å². The van der Waals surface area contributed by atoms with Gasteiger partial charge in [-0.25, -0.2) is 9.59 Å². The Morgan fingerprint density at radius 1 is 0.729 bits per heavy atom. The molecule has 0 aromatic rings. The Hall–Kier alpha value is -3.18. The Bertz CT molecular complexity index is 1150. The smallest absolute Gasteiger partial charge is 0.329 e. The van der Waals surface area contributed by atoms with E-state index in [1.807, 2.05) is 13.8 Å². The van der Waals surface area contributed by atoms with Crippen molar-refractivity contribution in [1.29, 1.82) is 0 Å². The molecule has 2 fully saturated rings. The summed E-state index contributed by atoms with van der Waals surface area (Å²) in [4.78, 5) is 87.7. The van der Waals surface area contributed by atoms with Crippen LogP contribution in [0.5, 0.6) is 0 Å². The second kappa shape index (κ2) is 18.0. The fourth-order valence-electron chi connectivity index (χ4n) is 6.79. The molecule has 0 aromatic carbocycles. The fourth-order valence-corrected chi connectivity index (χ4v) is 6.79. The van der Waals surface area contributed by atoms with Crippen LogP contribution in [0.25, 0.3) is 0 Å². The molecule has 274 valence electrons. The minimum atomic E-state index is -1.20. The average molecular weight is 679 g/mol. The number of carbonyl (C=O) groups is 6. The molecule has 48 heavy (non-hydrogen) atoms. The van der Waals surface area contributed by atoms with E-state index in [2.05, 4.69) is 12.2 Å². The molecule has 0 radical (unpaired) electrons. The predicted molar refractivity (Wildman–Crippen MR) is 182 cm³/mol. The second-order valence-corrected chi connectivity index (χ2v) is 15.1. The molecule has 0 saturated carbocycles. The summed E-state index contributed by atoms with van der Waals surface area (Å²) < 4.78 is 12.0. The van der Waals surface area contributed by atoms with Crippen molar-refractivity contribution in [2.75, 3.05) is 20.6 Å². The summed E-state index contributed by atoms with van der Waals surface area (Å²) >= 11 is 0. The number of cyclic esters (lactones) is 2. The van der Waals surface area contributed by atoms with Crippen LogP contribution in [-0.2, 0) is 38.2 Å². The third kappa shape index (κ3) is 9.71. The van der Waals surface area contributed by atoms with Crippen LogP contribution in [0.2, 0.25) is 0 Å². The Kier molecular flexibility index (Phi) is 15.4. The van der Waals surface area contributed by atoms with Gasteiger partial charge in [0.25, 0.3) is 5.91 Å². The van der Waals surface area contributed by atoms with Gasteiger partial charge in [0.15, 0.2) is 6.10 Å². The lowest BCUT2D eigenvalue weighted by atomic mass is 9.94. The highest BCUT2D eigenvalue weighted by Crippen LogP contribution is 2.27. The molecule has 0 aliphatic carbocycles. The monoisotopic (exact) mass is 678 g/mol. The van der Waals surface area contributed by atoms with E-state index >= 15 is 0 Å². The second-order valence-electron chi connectivity index (χ2n) is 15.1. The van der Waals surface area contributed by atoms with Gasteiger partial charge in [-0.3, -0.25) is 19.2 Å². The highest BCUT2D eigenvalue weighted by Gasteiger charge is 2.45. The van der Waals surface area contributed by atoms with Gasteiger partial charge in [0.2, 0.25) is 17.7 Å². The molecule has 7 atom stereocenters. The topological polar surface area (TPSA) is 143 Å². The summed E-state index contributed by atoms with van der Waals surface area (Å²) in [6, 6.07) is -3.83. The van der Waals surface area contributed by atoms with Gasteiger partial charge >= 0.3 is 11.9 Å².